The fraction of sp³-hybridized carbons (Fsp3) is 0.345. The van der Waals surface area contributed by atoms with Crippen LogP contribution in [0.4, 0.5) is 0 Å². The molecule has 2 aromatic heterocycles. The van der Waals surface area contributed by atoms with E-state index >= 15 is 0 Å². The predicted octanol–water partition coefficient (Wildman–Crippen LogP) is 4.91. The summed E-state index contributed by atoms with van der Waals surface area (Å²) in [5, 5.41) is 6.97. The van der Waals surface area contributed by atoms with Crippen LogP contribution in [0.3, 0.4) is 0 Å². The van der Waals surface area contributed by atoms with Crippen LogP contribution in [0.15, 0.2) is 70.5 Å². The highest BCUT2D eigenvalue weighted by molar-refractivity contribution is 7.09. The number of aromatic nitrogens is 1. The molecule has 6 rings (SSSR count). The third-order valence-electron chi connectivity index (χ3n) is 7.38. The van der Waals surface area contributed by atoms with Gasteiger partial charge in [0, 0.05) is 55.4 Å². The molecule has 0 bridgehead atoms. The van der Waals surface area contributed by atoms with Crippen LogP contribution in [0.5, 0.6) is 0 Å². The first-order valence-corrected chi connectivity index (χ1v) is 13.8. The number of para-hydroxylation sites is 1. The van der Waals surface area contributed by atoms with Crippen molar-refractivity contribution in [3.8, 4) is 0 Å². The Morgan fingerprint density at radius 2 is 1.78 bits per heavy atom. The van der Waals surface area contributed by atoms with Crippen LogP contribution in [0, 0.1) is 0 Å². The zero-order chi connectivity index (χ0) is 25.2. The van der Waals surface area contributed by atoms with E-state index in [2.05, 4.69) is 34.5 Å². The van der Waals surface area contributed by atoms with Gasteiger partial charge in [0.1, 0.15) is 11.3 Å². The lowest BCUT2D eigenvalue weighted by Crippen LogP contribution is -2.38. The van der Waals surface area contributed by atoms with Crippen LogP contribution in [0.2, 0.25) is 0 Å². The molecule has 2 aromatic carbocycles. The highest BCUT2D eigenvalue weighted by atomic mass is 32.1. The van der Waals surface area contributed by atoms with Gasteiger partial charge in [0.2, 0.25) is 0 Å². The molecule has 8 heteroatoms. The van der Waals surface area contributed by atoms with Crippen molar-refractivity contribution in [1.29, 1.82) is 0 Å². The van der Waals surface area contributed by atoms with Crippen molar-refractivity contribution in [2.75, 3.05) is 26.2 Å². The molecular formula is C29H30N4O3S. The number of amides is 2. The number of benzene rings is 2. The van der Waals surface area contributed by atoms with Gasteiger partial charge in [0.25, 0.3) is 11.8 Å². The number of thiazole rings is 1. The molecule has 2 fully saturated rings. The van der Waals surface area contributed by atoms with Gasteiger partial charge in [0.05, 0.1) is 5.01 Å². The molecule has 2 saturated heterocycles. The molecule has 0 radical (unpaired) electrons. The Labute approximate surface area is 220 Å². The summed E-state index contributed by atoms with van der Waals surface area (Å²) in [5.41, 5.74) is 2.53. The Bertz CT molecular complexity index is 1360. The van der Waals surface area contributed by atoms with Crippen LogP contribution in [-0.2, 0) is 6.54 Å². The standard InChI is InChI=1S/C29H30N4O3S/c34-27(30-23-12-13-32(18-23)17-20-6-2-1-3-7-20)24-19-37-28(31-24)21-10-14-33(15-11-21)29(35)26-16-22-8-4-5-9-25(22)36-26/h1-9,16,19,21,23H,10-15,17-18H2,(H,30,34). The molecule has 7 nitrogen and oxygen atoms in total. The summed E-state index contributed by atoms with van der Waals surface area (Å²) in [6, 6.07) is 20.1. The number of hydrogen-bond donors (Lipinski definition) is 1. The normalized spacial score (nSPS) is 18.9. The molecule has 4 heterocycles. The van der Waals surface area contributed by atoms with Gasteiger partial charge in [-0.1, -0.05) is 48.5 Å². The van der Waals surface area contributed by atoms with Gasteiger partial charge < -0.3 is 14.6 Å². The highest BCUT2D eigenvalue weighted by Crippen LogP contribution is 2.31. The smallest absolute Gasteiger partial charge is 0.289 e. The summed E-state index contributed by atoms with van der Waals surface area (Å²) in [5.74, 6) is 0.500. The number of carbonyl (C=O) groups excluding carboxylic acids is 2. The van der Waals surface area contributed by atoms with Crippen molar-refractivity contribution in [2.45, 2.75) is 37.8 Å². The summed E-state index contributed by atoms with van der Waals surface area (Å²) in [6.45, 7) is 4.05. The van der Waals surface area contributed by atoms with Crippen molar-refractivity contribution < 1.29 is 14.0 Å². The van der Waals surface area contributed by atoms with Gasteiger partial charge in [-0.2, -0.15) is 0 Å². The Morgan fingerprint density at radius 1 is 1.00 bits per heavy atom. The van der Waals surface area contributed by atoms with Gasteiger partial charge in [-0.3, -0.25) is 14.5 Å². The molecule has 4 aromatic rings. The van der Waals surface area contributed by atoms with Crippen LogP contribution in [0.25, 0.3) is 11.0 Å². The number of fused-ring (bicyclic) bond motifs is 1. The van der Waals surface area contributed by atoms with Crippen molar-refractivity contribution in [2.24, 2.45) is 0 Å². The monoisotopic (exact) mass is 514 g/mol. The number of piperidine rings is 1. The number of likely N-dealkylation sites (tertiary alicyclic amines) is 2. The number of nitrogens with zero attached hydrogens (tertiary/aromatic N) is 3. The summed E-state index contributed by atoms with van der Waals surface area (Å²) in [7, 11) is 0. The molecule has 0 spiro atoms. The predicted molar refractivity (Wildman–Crippen MR) is 144 cm³/mol. The van der Waals surface area contributed by atoms with E-state index in [0.29, 0.717) is 24.5 Å². The van der Waals surface area contributed by atoms with E-state index < -0.39 is 0 Å². The average molecular weight is 515 g/mol. The topological polar surface area (TPSA) is 78.7 Å². The number of hydrogen-bond acceptors (Lipinski definition) is 6. The zero-order valence-electron chi connectivity index (χ0n) is 20.6. The molecule has 2 aliphatic rings. The molecule has 2 amide bonds. The Kier molecular flexibility index (Phi) is 6.76. The Hall–Kier alpha value is -3.49. The quantitative estimate of drug-likeness (QED) is 0.395. The van der Waals surface area contributed by atoms with E-state index in [0.717, 1.165) is 54.9 Å². The second-order valence-corrected chi connectivity index (χ2v) is 10.9. The van der Waals surface area contributed by atoms with Crippen LogP contribution in [0.1, 0.15) is 56.8 Å². The minimum Gasteiger partial charge on any atom is -0.451 e. The van der Waals surface area contributed by atoms with Crippen molar-refractivity contribution in [1.82, 2.24) is 20.1 Å². The molecule has 190 valence electrons. The van der Waals surface area contributed by atoms with Crippen LogP contribution >= 0.6 is 11.3 Å². The molecule has 0 saturated carbocycles. The highest BCUT2D eigenvalue weighted by Gasteiger charge is 2.29. The maximum Gasteiger partial charge on any atom is 0.289 e. The molecule has 1 N–H and O–H groups in total. The summed E-state index contributed by atoms with van der Waals surface area (Å²) >= 11 is 1.55. The van der Waals surface area contributed by atoms with Crippen molar-refractivity contribution >= 4 is 34.1 Å². The number of carbonyl (C=O) groups is 2. The number of furan rings is 1. The maximum absolute atomic E-state index is 13.0. The summed E-state index contributed by atoms with van der Waals surface area (Å²) < 4.78 is 5.77. The van der Waals surface area contributed by atoms with Gasteiger partial charge in [-0.05, 0) is 37.0 Å². The first kappa shape index (κ1) is 23.9. The minimum absolute atomic E-state index is 0.0632. The fourth-order valence-corrected chi connectivity index (χ4v) is 6.32. The van der Waals surface area contributed by atoms with Crippen LogP contribution in [-0.4, -0.2) is 58.8 Å². The van der Waals surface area contributed by atoms with E-state index in [4.69, 9.17) is 9.40 Å². The third-order valence-corrected chi connectivity index (χ3v) is 8.39. The Morgan fingerprint density at radius 3 is 2.59 bits per heavy atom. The van der Waals surface area contributed by atoms with Crippen molar-refractivity contribution in [3.63, 3.8) is 0 Å². The van der Waals surface area contributed by atoms with Crippen molar-refractivity contribution in [3.05, 3.63) is 88.1 Å². The van der Waals surface area contributed by atoms with Gasteiger partial charge in [-0.15, -0.1) is 11.3 Å². The molecule has 1 atom stereocenters. The molecule has 1 unspecified atom stereocenters. The first-order chi connectivity index (χ1) is 18.1. The fourth-order valence-electron chi connectivity index (χ4n) is 5.35. The van der Waals surface area contributed by atoms with Crippen LogP contribution < -0.4 is 5.32 Å². The number of nitrogens with one attached hydrogen (secondary N) is 1. The maximum atomic E-state index is 13.0. The molecular weight excluding hydrogens is 484 g/mol. The van der Waals surface area contributed by atoms with E-state index in [1.807, 2.05) is 46.7 Å². The third kappa shape index (κ3) is 5.31. The minimum atomic E-state index is -0.0911. The van der Waals surface area contributed by atoms with E-state index in [-0.39, 0.29) is 23.8 Å². The lowest BCUT2D eigenvalue weighted by atomic mass is 9.97. The molecule has 37 heavy (non-hydrogen) atoms. The Balaban J connectivity index is 1.00. The van der Waals surface area contributed by atoms with Gasteiger partial charge in [0.15, 0.2) is 5.76 Å². The largest absolute Gasteiger partial charge is 0.451 e. The SMILES string of the molecule is O=C(NC1CCN(Cc2ccccc2)C1)c1csc(C2CCN(C(=O)c3cc4ccccc4o3)CC2)n1. The second kappa shape index (κ2) is 10.5. The lowest BCUT2D eigenvalue weighted by Gasteiger charge is -2.30. The number of rotatable bonds is 6. The average Bonchev–Trinajstić information content (AvgIpc) is 3.69. The van der Waals surface area contributed by atoms with E-state index in [1.165, 1.54) is 5.56 Å². The molecule has 0 aliphatic carbocycles. The van der Waals surface area contributed by atoms with E-state index in [1.54, 1.807) is 11.3 Å². The lowest BCUT2D eigenvalue weighted by molar-refractivity contribution is 0.0683. The summed E-state index contributed by atoms with van der Waals surface area (Å²) in [6.07, 6.45) is 2.61. The van der Waals surface area contributed by atoms with E-state index in [9.17, 15) is 9.59 Å². The molecule has 2 aliphatic heterocycles. The second-order valence-electron chi connectivity index (χ2n) is 9.97. The first-order valence-electron chi connectivity index (χ1n) is 12.9. The van der Waals surface area contributed by atoms with Gasteiger partial charge >= 0.3 is 0 Å². The zero-order valence-corrected chi connectivity index (χ0v) is 21.5. The van der Waals surface area contributed by atoms with Gasteiger partial charge in [-0.25, -0.2) is 4.98 Å². The summed E-state index contributed by atoms with van der Waals surface area (Å²) in [4.78, 5) is 34.8.